The zero-order chi connectivity index (χ0) is 13.3. The lowest BCUT2D eigenvalue weighted by atomic mass is 10.1. The van der Waals surface area contributed by atoms with Crippen LogP contribution >= 0.6 is 12.4 Å². The topological polar surface area (TPSA) is 89.5 Å². The van der Waals surface area contributed by atoms with Crippen molar-refractivity contribution < 1.29 is 9.72 Å². The predicted molar refractivity (Wildman–Crippen MR) is 73.6 cm³/mol. The van der Waals surface area contributed by atoms with E-state index in [4.69, 9.17) is 5.73 Å². The van der Waals surface area contributed by atoms with Crippen molar-refractivity contribution in [1.29, 1.82) is 0 Å². The van der Waals surface area contributed by atoms with Crippen molar-refractivity contribution in [2.24, 2.45) is 5.73 Å². The van der Waals surface area contributed by atoms with Gasteiger partial charge in [0.25, 0.3) is 11.6 Å². The number of carbonyl (C=O) groups excluding carboxylic acids is 1. The van der Waals surface area contributed by atoms with Gasteiger partial charge in [-0.2, -0.15) is 0 Å². The molecule has 1 heterocycles. The average Bonchev–Trinajstić information content (AvgIpc) is 2.75. The molecule has 1 aromatic carbocycles. The molecule has 0 radical (unpaired) electrons. The van der Waals surface area contributed by atoms with Crippen molar-refractivity contribution in [3.63, 3.8) is 0 Å². The lowest BCUT2D eigenvalue weighted by Crippen LogP contribution is -2.32. The molecule has 1 aliphatic heterocycles. The third-order valence-corrected chi connectivity index (χ3v) is 3.17. The maximum absolute atomic E-state index is 12.2. The zero-order valence-electron chi connectivity index (χ0n) is 10.5. The molecule has 1 unspecified atom stereocenters. The van der Waals surface area contributed by atoms with Crippen LogP contribution in [-0.4, -0.2) is 34.9 Å². The van der Waals surface area contributed by atoms with E-state index in [1.165, 1.54) is 12.1 Å². The fraction of sp³-hybridized carbons (Fsp3) is 0.417. The molecule has 0 spiro atoms. The molecule has 1 atom stereocenters. The SMILES string of the molecule is Cc1ccc([N+](=O)[O-])cc1C(=O)N1CCC(N)C1.Cl. The molecule has 19 heavy (non-hydrogen) atoms. The van der Waals surface area contributed by atoms with Gasteiger partial charge in [0.2, 0.25) is 0 Å². The number of nitrogens with two attached hydrogens (primary N) is 1. The molecule has 0 aromatic heterocycles. The first kappa shape index (κ1) is 15.4. The van der Waals surface area contributed by atoms with Gasteiger partial charge in [-0.1, -0.05) is 6.07 Å². The Morgan fingerprint density at radius 3 is 2.74 bits per heavy atom. The molecule has 104 valence electrons. The number of hydrogen-bond donors (Lipinski definition) is 1. The van der Waals surface area contributed by atoms with Gasteiger partial charge in [-0.25, -0.2) is 0 Å². The normalized spacial score (nSPS) is 18.0. The standard InChI is InChI=1S/C12H15N3O3.ClH/c1-8-2-3-10(15(17)18)6-11(8)12(16)14-5-4-9(13)7-14;/h2-3,6,9H,4-5,7,13H2,1H3;1H. The van der Waals surface area contributed by atoms with Crippen LogP contribution in [0.5, 0.6) is 0 Å². The van der Waals surface area contributed by atoms with E-state index in [0.29, 0.717) is 18.7 Å². The van der Waals surface area contributed by atoms with Crippen LogP contribution in [0.3, 0.4) is 0 Å². The highest BCUT2D eigenvalue weighted by molar-refractivity contribution is 5.96. The van der Waals surface area contributed by atoms with E-state index in [1.54, 1.807) is 17.9 Å². The summed E-state index contributed by atoms with van der Waals surface area (Å²) in [6.07, 6.45) is 0.777. The van der Waals surface area contributed by atoms with E-state index in [1.807, 2.05) is 0 Å². The molecule has 0 saturated carbocycles. The average molecular weight is 286 g/mol. The van der Waals surface area contributed by atoms with Gasteiger partial charge < -0.3 is 10.6 Å². The van der Waals surface area contributed by atoms with Gasteiger partial charge in [0.05, 0.1) is 4.92 Å². The molecule has 0 bridgehead atoms. The lowest BCUT2D eigenvalue weighted by molar-refractivity contribution is -0.384. The fourth-order valence-corrected chi connectivity index (χ4v) is 2.10. The van der Waals surface area contributed by atoms with E-state index < -0.39 is 4.92 Å². The first-order valence-electron chi connectivity index (χ1n) is 5.79. The number of nitrogens with zero attached hydrogens (tertiary/aromatic N) is 2. The minimum absolute atomic E-state index is 0. The Morgan fingerprint density at radius 1 is 1.53 bits per heavy atom. The number of halogens is 1. The van der Waals surface area contributed by atoms with Crippen molar-refractivity contribution in [3.8, 4) is 0 Å². The van der Waals surface area contributed by atoms with Crippen LogP contribution in [0.2, 0.25) is 0 Å². The van der Waals surface area contributed by atoms with E-state index in [-0.39, 0.29) is 30.0 Å². The third-order valence-electron chi connectivity index (χ3n) is 3.17. The highest BCUT2D eigenvalue weighted by atomic mass is 35.5. The zero-order valence-corrected chi connectivity index (χ0v) is 11.4. The van der Waals surface area contributed by atoms with Gasteiger partial charge in [-0.15, -0.1) is 12.4 Å². The number of non-ortho nitro benzene ring substituents is 1. The molecule has 1 aliphatic rings. The fourth-order valence-electron chi connectivity index (χ4n) is 2.10. The highest BCUT2D eigenvalue weighted by Gasteiger charge is 2.26. The maximum atomic E-state index is 12.2. The van der Waals surface area contributed by atoms with Crippen LogP contribution in [-0.2, 0) is 0 Å². The minimum Gasteiger partial charge on any atom is -0.337 e. The summed E-state index contributed by atoms with van der Waals surface area (Å²) in [6.45, 7) is 2.90. The maximum Gasteiger partial charge on any atom is 0.270 e. The third kappa shape index (κ3) is 3.21. The summed E-state index contributed by atoms with van der Waals surface area (Å²) in [5.41, 5.74) is 6.82. The molecular weight excluding hydrogens is 270 g/mol. The van der Waals surface area contributed by atoms with E-state index >= 15 is 0 Å². The number of carbonyl (C=O) groups is 1. The predicted octanol–water partition coefficient (Wildman–Crippen LogP) is 1.50. The number of amides is 1. The molecule has 6 nitrogen and oxygen atoms in total. The molecule has 1 saturated heterocycles. The number of aryl methyl sites for hydroxylation is 1. The smallest absolute Gasteiger partial charge is 0.270 e. The Kier molecular flexibility index (Phi) is 4.85. The van der Waals surface area contributed by atoms with Crippen LogP contribution in [0.1, 0.15) is 22.3 Å². The van der Waals surface area contributed by atoms with Crippen molar-refractivity contribution in [3.05, 3.63) is 39.4 Å². The van der Waals surface area contributed by atoms with Crippen molar-refractivity contribution >= 4 is 24.0 Å². The van der Waals surface area contributed by atoms with Gasteiger partial charge in [-0.05, 0) is 18.9 Å². The van der Waals surface area contributed by atoms with Crippen LogP contribution in [0.25, 0.3) is 0 Å². The minimum atomic E-state index is -0.494. The Bertz CT molecular complexity index is 507. The molecule has 1 fully saturated rings. The van der Waals surface area contributed by atoms with Crippen molar-refractivity contribution in [2.75, 3.05) is 13.1 Å². The molecule has 2 N–H and O–H groups in total. The second-order valence-electron chi connectivity index (χ2n) is 4.56. The molecule has 1 aromatic rings. The first-order valence-corrected chi connectivity index (χ1v) is 5.79. The number of benzene rings is 1. The quantitative estimate of drug-likeness (QED) is 0.658. The van der Waals surface area contributed by atoms with Crippen LogP contribution in [0, 0.1) is 17.0 Å². The lowest BCUT2D eigenvalue weighted by Gasteiger charge is -2.16. The number of nitro groups is 1. The molecule has 1 amide bonds. The van der Waals surface area contributed by atoms with Gasteiger partial charge in [0.15, 0.2) is 0 Å². The first-order chi connectivity index (χ1) is 8.49. The molecule has 2 rings (SSSR count). The van der Waals surface area contributed by atoms with Crippen LogP contribution < -0.4 is 5.73 Å². The Morgan fingerprint density at radius 2 is 2.21 bits per heavy atom. The van der Waals surface area contributed by atoms with E-state index in [2.05, 4.69) is 0 Å². The number of hydrogen-bond acceptors (Lipinski definition) is 4. The summed E-state index contributed by atoms with van der Waals surface area (Å²) < 4.78 is 0. The van der Waals surface area contributed by atoms with E-state index in [0.717, 1.165) is 12.0 Å². The van der Waals surface area contributed by atoms with Crippen molar-refractivity contribution in [2.45, 2.75) is 19.4 Å². The van der Waals surface area contributed by atoms with Gasteiger partial charge in [0, 0.05) is 36.8 Å². The van der Waals surface area contributed by atoms with Gasteiger partial charge in [0.1, 0.15) is 0 Å². The molecule has 0 aliphatic carbocycles. The summed E-state index contributed by atoms with van der Waals surface area (Å²) in [5.74, 6) is -0.177. The number of nitro benzene ring substituents is 1. The number of rotatable bonds is 2. The largest absolute Gasteiger partial charge is 0.337 e. The molecular formula is C12H16ClN3O3. The van der Waals surface area contributed by atoms with Crippen molar-refractivity contribution in [1.82, 2.24) is 4.90 Å². The highest BCUT2D eigenvalue weighted by Crippen LogP contribution is 2.20. The monoisotopic (exact) mass is 285 g/mol. The van der Waals surface area contributed by atoms with Gasteiger partial charge >= 0.3 is 0 Å². The van der Waals surface area contributed by atoms with Crippen LogP contribution in [0.4, 0.5) is 5.69 Å². The van der Waals surface area contributed by atoms with Gasteiger partial charge in [-0.3, -0.25) is 14.9 Å². The summed E-state index contributed by atoms with van der Waals surface area (Å²) in [4.78, 5) is 24.1. The Balaban J connectivity index is 0.00000180. The number of likely N-dealkylation sites (tertiary alicyclic amines) is 1. The second-order valence-corrected chi connectivity index (χ2v) is 4.56. The summed E-state index contributed by atoms with van der Waals surface area (Å²) in [5, 5.41) is 10.7. The van der Waals surface area contributed by atoms with Crippen LogP contribution in [0.15, 0.2) is 18.2 Å². The summed E-state index contributed by atoms with van der Waals surface area (Å²) in [7, 11) is 0. The van der Waals surface area contributed by atoms with E-state index in [9.17, 15) is 14.9 Å². The summed E-state index contributed by atoms with van der Waals surface area (Å²) >= 11 is 0. The Labute approximate surface area is 117 Å². The summed E-state index contributed by atoms with van der Waals surface area (Å²) in [6, 6.07) is 4.35. The second kappa shape index (κ2) is 5.99. The molecule has 7 heteroatoms. The Hall–Kier alpha value is -1.66.